The summed E-state index contributed by atoms with van der Waals surface area (Å²) < 4.78 is 10.5. The minimum absolute atomic E-state index is 0.0579. The number of carbonyl (C=O) groups is 1. The highest BCUT2D eigenvalue weighted by molar-refractivity contribution is 5.69. The van der Waals surface area contributed by atoms with Gasteiger partial charge < -0.3 is 19.9 Å². The number of non-ortho nitro benzene ring substituents is 1. The second-order valence-electron chi connectivity index (χ2n) is 5.63. The van der Waals surface area contributed by atoms with Crippen LogP contribution in [0.4, 0.5) is 5.69 Å². The molecule has 0 fully saturated rings. The van der Waals surface area contributed by atoms with Gasteiger partial charge in [-0.1, -0.05) is 0 Å². The van der Waals surface area contributed by atoms with Gasteiger partial charge in [0, 0.05) is 24.1 Å². The molecule has 8 heteroatoms. The van der Waals surface area contributed by atoms with E-state index in [4.69, 9.17) is 9.47 Å². The number of aliphatic hydroxyl groups excluding tert-OH is 1. The third kappa shape index (κ3) is 4.21. The Balaban J connectivity index is 2.06. The van der Waals surface area contributed by atoms with Crippen LogP contribution in [-0.2, 0) is 9.53 Å². The van der Waals surface area contributed by atoms with Crippen molar-refractivity contribution in [1.29, 1.82) is 0 Å². The van der Waals surface area contributed by atoms with Crippen molar-refractivity contribution >= 4 is 11.7 Å². The van der Waals surface area contributed by atoms with E-state index in [1.54, 1.807) is 19.9 Å². The Morgan fingerprint density at radius 2 is 2.25 bits per heavy atom. The fourth-order valence-electron chi connectivity index (χ4n) is 2.68. The molecule has 1 unspecified atom stereocenters. The number of esters is 1. The second kappa shape index (κ2) is 8.07. The number of fused-ring (bicyclic) bond motifs is 1. The van der Waals surface area contributed by atoms with E-state index in [-0.39, 0.29) is 18.1 Å². The van der Waals surface area contributed by atoms with Crippen LogP contribution in [0.25, 0.3) is 0 Å². The molecule has 0 spiro atoms. The summed E-state index contributed by atoms with van der Waals surface area (Å²) in [6.45, 7) is 4.30. The van der Waals surface area contributed by atoms with Gasteiger partial charge in [-0.2, -0.15) is 0 Å². The summed E-state index contributed by atoms with van der Waals surface area (Å²) in [5.74, 6) is 0.248. The Bertz CT molecular complexity index is 606. The van der Waals surface area contributed by atoms with E-state index in [2.05, 4.69) is 5.32 Å². The van der Waals surface area contributed by atoms with E-state index in [9.17, 15) is 20.0 Å². The Morgan fingerprint density at radius 3 is 2.92 bits per heavy atom. The minimum atomic E-state index is -0.845. The number of nitrogens with one attached hydrogen (secondary N) is 1. The molecule has 1 aliphatic heterocycles. The fraction of sp³-hybridized carbons (Fsp3) is 0.562. The molecule has 1 heterocycles. The number of carbonyl (C=O) groups excluding carboxylic acids is 1. The van der Waals surface area contributed by atoms with Gasteiger partial charge in [0.1, 0.15) is 18.0 Å². The number of nitro benzene ring substituents is 1. The first kappa shape index (κ1) is 18.2. The molecule has 2 rings (SSSR count). The lowest BCUT2D eigenvalue weighted by Gasteiger charge is -2.35. The average Bonchev–Trinajstić information content (AvgIpc) is 2.54. The van der Waals surface area contributed by atoms with Crippen LogP contribution in [0.3, 0.4) is 0 Å². The molecule has 1 aromatic rings. The first-order valence-electron chi connectivity index (χ1n) is 7.96. The Hall–Kier alpha value is -2.19. The van der Waals surface area contributed by atoms with Gasteiger partial charge in [0.05, 0.1) is 17.6 Å². The van der Waals surface area contributed by atoms with Crippen molar-refractivity contribution in [3.05, 3.63) is 33.9 Å². The van der Waals surface area contributed by atoms with Crippen LogP contribution in [0, 0.1) is 10.1 Å². The monoisotopic (exact) mass is 338 g/mol. The van der Waals surface area contributed by atoms with Crippen LogP contribution in [-0.4, -0.2) is 41.4 Å². The fourth-order valence-corrected chi connectivity index (χ4v) is 2.68. The largest absolute Gasteiger partial charge is 0.488 e. The van der Waals surface area contributed by atoms with Crippen LogP contribution in [0.15, 0.2) is 18.2 Å². The van der Waals surface area contributed by atoms with Crippen molar-refractivity contribution < 1.29 is 24.3 Å². The molecule has 0 saturated heterocycles. The van der Waals surface area contributed by atoms with Crippen LogP contribution in [0.1, 0.15) is 38.3 Å². The van der Waals surface area contributed by atoms with E-state index in [1.165, 1.54) is 12.1 Å². The molecule has 0 saturated carbocycles. The van der Waals surface area contributed by atoms with E-state index in [0.29, 0.717) is 30.9 Å². The molecule has 3 atom stereocenters. The predicted molar refractivity (Wildman–Crippen MR) is 85.8 cm³/mol. The van der Waals surface area contributed by atoms with E-state index < -0.39 is 23.2 Å². The maximum Gasteiger partial charge on any atom is 0.305 e. The highest BCUT2D eigenvalue weighted by Crippen LogP contribution is 2.37. The summed E-state index contributed by atoms with van der Waals surface area (Å²) >= 11 is 0. The summed E-state index contributed by atoms with van der Waals surface area (Å²) in [6.07, 6.45) is -0.470. The maximum absolute atomic E-state index is 11.3. The molecule has 0 radical (unpaired) electrons. The second-order valence-corrected chi connectivity index (χ2v) is 5.63. The number of hydrogen-bond donors (Lipinski definition) is 2. The van der Waals surface area contributed by atoms with Crippen molar-refractivity contribution in [1.82, 2.24) is 5.32 Å². The molecular weight excluding hydrogens is 316 g/mol. The summed E-state index contributed by atoms with van der Waals surface area (Å²) in [5.41, 5.74) is 0.489. The lowest BCUT2D eigenvalue weighted by atomic mass is 9.93. The first-order chi connectivity index (χ1) is 11.4. The number of rotatable bonds is 7. The smallest absolute Gasteiger partial charge is 0.305 e. The van der Waals surface area contributed by atoms with Gasteiger partial charge >= 0.3 is 5.97 Å². The van der Waals surface area contributed by atoms with Gasteiger partial charge in [0.2, 0.25) is 0 Å². The molecule has 1 aliphatic rings. The molecule has 0 aromatic heterocycles. The third-order valence-corrected chi connectivity index (χ3v) is 3.90. The van der Waals surface area contributed by atoms with Crippen LogP contribution in [0.2, 0.25) is 0 Å². The highest BCUT2D eigenvalue weighted by Gasteiger charge is 2.35. The molecule has 1 aromatic carbocycles. The average molecular weight is 338 g/mol. The lowest BCUT2D eigenvalue weighted by molar-refractivity contribution is -0.385. The maximum atomic E-state index is 11.3. The number of ether oxygens (including phenoxy) is 2. The normalized spacial score (nSPS) is 22.4. The van der Waals surface area contributed by atoms with Gasteiger partial charge in [-0.15, -0.1) is 0 Å². The zero-order valence-corrected chi connectivity index (χ0v) is 13.7. The van der Waals surface area contributed by atoms with Crippen LogP contribution in [0.5, 0.6) is 5.75 Å². The Morgan fingerprint density at radius 1 is 1.50 bits per heavy atom. The summed E-state index contributed by atoms with van der Waals surface area (Å²) in [4.78, 5) is 21.8. The summed E-state index contributed by atoms with van der Waals surface area (Å²) in [7, 11) is 0. The van der Waals surface area contributed by atoms with E-state index in [1.807, 2.05) is 0 Å². The van der Waals surface area contributed by atoms with Crippen molar-refractivity contribution in [2.24, 2.45) is 0 Å². The molecule has 0 aliphatic carbocycles. The number of hydrogen-bond acceptors (Lipinski definition) is 7. The topological polar surface area (TPSA) is 111 Å². The first-order valence-corrected chi connectivity index (χ1v) is 7.96. The standard InChI is InChI=1S/C16H22N2O6/c1-3-23-14(19)5-4-8-17-15-12-9-11(18(21)22)6-7-13(12)24-10(2)16(15)20/h6-7,9-10,15-17,20H,3-5,8H2,1-2H3/t10?,15-,16-/m0/s1. The zero-order chi connectivity index (χ0) is 17.7. The SMILES string of the molecule is CCOC(=O)CCCN[C@H]1c2cc([N+](=O)[O-])ccc2OC(C)[C@@H]1O. The van der Waals surface area contributed by atoms with E-state index in [0.717, 1.165) is 0 Å². The van der Waals surface area contributed by atoms with Gasteiger partial charge in [-0.25, -0.2) is 0 Å². The number of nitrogens with zero attached hydrogens (tertiary/aromatic N) is 1. The molecule has 24 heavy (non-hydrogen) atoms. The molecule has 8 nitrogen and oxygen atoms in total. The molecule has 0 bridgehead atoms. The minimum Gasteiger partial charge on any atom is -0.488 e. The number of nitro groups is 1. The van der Waals surface area contributed by atoms with Crippen LogP contribution >= 0.6 is 0 Å². The number of benzene rings is 1. The quantitative estimate of drug-likeness (QED) is 0.337. The van der Waals surface area contributed by atoms with Crippen LogP contribution < -0.4 is 10.1 Å². The van der Waals surface area contributed by atoms with E-state index >= 15 is 0 Å². The van der Waals surface area contributed by atoms with Gasteiger partial charge in [0.25, 0.3) is 5.69 Å². The Kier molecular flexibility index (Phi) is 6.10. The van der Waals surface area contributed by atoms with Crippen molar-refractivity contribution in [2.75, 3.05) is 13.2 Å². The van der Waals surface area contributed by atoms with Gasteiger partial charge in [-0.05, 0) is 32.9 Å². The van der Waals surface area contributed by atoms with Crippen molar-refractivity contribution in [3.63, 3.8) is 0 Å². The molecule has 132 valence electrons. The third-order valence-electron chi connectivity index (χ3n) is 3.90. The number of aliphatic hydroxyl groups is 1. The van der Waals surface area contributed by atoms with Crippen molar-refractivity contribution in [2.45, 2.75) is 44.9 Å². The predicted octanol–water partition coefficient (Wildman–Crippen LogP) is 1.71. The zero-order valence-electron chi connectivity index (χ0n) is 13.7. The Labute approximate surface area is 139 Å². The van der Waals surface area contributed by atoms with Gasteiger partial charge in [0.15, 0.2) is 0 Å². The highest BCUT2D eigenvalue weighted by atomic mass is 16.6. The van der Waals surface area contributed by atoms with Crippen molar-refractivity contribution in [3.8, 4) is 5.75 Å². The summed E-state index contributed by atoms with van der Waals surface area (Å²) in [6, 6.07) is 3.84. The molecule has 2 N–H and O–H groups in total. The van der Waals surface area contributed by atoms with Gasteiger partial charge in [-0.3, -0.25) is 14.9 Å². The lowest BCUT2D eigenvalue weighted by Crippen LogP contribution is -2.45. The molecular formula is C16H22N2O6. The molecule has 0 amide bonds. The summed E-state index contributed by atoms with van der Waals surface area (Å²) in [5, 5.41) is 24.5.